The third kappa shape index (κ3) is 2.87. The Kier molecular flexibility index (Phi) is 4.65. The van der Waals surface area contributed by atoms with Crippen LogP contribution in [0.15, 0.2) is 22.7 Å². The lowest BCUT2D eigenvalue weighted by Crippen LogP contribution is -2.23. The average Bonchev–Trinajstić information content (AvgIpc) is 2.77. The summed E-state index contributed by atoms with van der Waals surface area (Å²) in [6.07, 6.45) is 0.222. The Balaban J connectivity index is 2.27. The molecule has 1 heterocycles. The summed E-state index contributed by atoms with van der Waals surface area (Å²) in [6, 6.07) is 5.70. The van der Waals surface area contributed by atoms with Gasteiger partial charge in [-0.05, 0) is 37.5 Å². The van der Waals surface area contributed by atoms with Gasteiger partial charge in [0.2, 0.25) is 0 Å². The summed E-state index contributed by atoms with van der Waals surface area (Å²) in [7, 11) is 0. The van der Waals surface area contributed by atoms with E-state index in [1.54, 1.807) is 0 Å². The van der Waals surface area contributed by atoms with Crippen LogP contribution in [-0.4, -0.2) is 24.4 Å². The molecule has 1 aromatic carbocycles. The molecular weight excluding hydrogens is 296 g/mol. The molecule has 100 valence electrons. The molecule has 0 aromatic heterocycles. The van der Waals surface area contributed by atoms with Crippen LogP contribution in [0, 0.1) is 5.92 Å². The van der Waals surface area contributed by atoms with E-state index in [4.69, 9.17) is 9.47 Å². The number of benzene rings is 1. The first kappa shape index (κ1) is 13.8. The van der Waals surface area contributed by atoms with Crippen molar-refractivity contribution in [1.29, 1.82) is 0 Å². The Morgan fingerprint density at radius 2 is 2.33 bits per heavy atom. The van der Waals surface area contributed by atoms with Crippen molar-refractivity contribution in [1.82, 2.24) is 0 Å². The monoisotopic (exact) mass is 314 g/mol. The Morgan fingerprint density at radius 1 is 1.56 bits per heavy atom. The van der Waals surface area contributed by atoms with Crippen molar-refractivity contribution >= 4 is 15.9 Å². The van der Waals surface area contributed by atoms with E-state index in [2.05, 4.69) is 22.9 Å². The second kappa shape index (κ2) is 6.04. The number of aliphatic hydroxyl groups excluding tert-OH is 1. The van der Waals surface area contributed by atoms with Crippen molar-refractivity contribution in [3.05, 3.63) is 28.2 Å². The van der Waals surface area contributed by atoms with Crippen LogP contribution in [0.3, 0.4) is 0 Å². The highest BCUT2D eigenvalue weighted by Crippen LogP contribution is 2.36. The van der Waals surface area contributed by atoms with Crippen molar-refractivity contribution in [3.63, 3.8) is 0 Å². The third-order valence-corrected chi connectivity index (χ3v) is 3.84. The largest absolute Gasteiger partial charge is 0.493 e. The SMILES string of the molecule is CCOc1ccc(Br)cc1C(O)C1OCCC1C. The summed E-state index contributed by atoms with van der Waals surface area (Å²) >= 11 is 3.43. The van der Waals surface area contributed by atoms with Crippen molar-refractivity contribution in [2.45, 2.75) is 32.5 Å². The maximum Gasteiger partial charge on any atom is 0.125 e. The molecule has 1 aliphatic rings. The lowest BCUT2D eigenvalue weighted by Gasteiger charge is -2.23. The van der Waals surface area contributed by atoms with Gasteiger partial charge in [-0.25, -0.2) is 0 Å². The molecule has 0 spiro atoms. The van der Waals surface area contributed by atoms with Gasteiger partial charge in [0.05, 0.1) is 12.7 Å². The summed E-state index contributed by atoms with van der Waals surface area (Å²) in [6.45, 7) is 5.36. The first-order valence-corrected chi connectivity index (χ1v) is 7.14. The quantitative estimate of drug-likeness (QED) is 0.926. The van der Waals surface area contributed by atoms with Gasteiger partial charge in [-0.15, -0.1) is 0 Å². The highest BCUT2D eigenvalue weighted by atomic mass is 79.9. The average molecular weight is 315 g/mol. The topological polar surface area (TPSA) is 38.7 Å². The zero-order valence-corrected chi connectivity index (χ0v) is 12.3. The molecule has 0 aliphatic carbocycles. The molecule has 1 N–H and O–H groups in total. The predicted octanol–water partition coefficient (Wildman–Crippen LogP) is 3.31. The number of hydrogen-bond acceptors (Lipinski definition) is 3. The van der Waals surface area contributed by atoms with E-state index in [1.165, 1.54) is 0 Å². The molecule has 1 fully saturated rings. The van der Waals surface area contributed by atoms with E-state index < -0.39 is 6.10 Å². The van der Waals surface area contributed by atoms with E-state index in [0.29, 0.717) is 12.5 Å². The zero-order chi connectivity index (χ0) is 13.1. The fourth-order valence-electron chi connectivity index (χ4n) is 2.34. The minimum absolute atomic E-state index is 0.140. The second-order valence-corrected chi connectivity index (χ2v) is 5.58. The predicted molar refractivity (Wildman–Crippen MR) is 73.8 cm³/mol. The van der Waals surface area contributed by atoms with Crippen molar-refractivity contribution in [2.24, 2.45) is 5.92 Å². The summed E-state index contributed by atoms with van der Waals surface area (Å²) in [5, 5.41) is 10.5. The number of hydrogen-bond donors (Lipinski definition) is 1. The highest BCUT2D eigenvalue weighted by molar-refractivity contribution is 9.10. The van der Waals surface area contributed by atoms with Gasteiger partial charge in [0, 0.05) is 16.6 Å². The zero-order valence-electron chi connectivity index (χ0n) is 10.7. The van der Waals surface area contributed by atoms with Crippen LogP contribution < -0.4 is 4.74 Å². The number of aliphatic hydroxyl groups is 1. The van der Waals surface area contributed by atoms with Crippen LogP contribution in [0.25, 0.3) is 0 Å². The minimum Gasteiger partial charge on any atom is -0.493 e. The van der Waals surface area contributed by atoms with E-state index in [9.17, 15) is 5.11 Å². The van der Waals surface area contributed by atoms with Gasteiger partial charge < -0.3 is 14.6 Å². The second-order valence-electron chi connectivity index (χ2n) is 4.66. The molecule has 0 saturated carbocycles. The molecule has 0 amide bonds. The van der Waals surface area contributed by atoms with Gasteiger partial charge in [-0.2, -0.15) is 0 Å². The van der Waals surface area contributed by atoms with Crippen molar-refractivity contribution in [3.8, 4) is 5.75 Å². The molecule has 18 heavy (non-hydrogen) atoms. The van der Waals surface area contributed by atoms with Crippen molar-refractivity contribution in [2.75, 3.05) is 13.2 Å². The lowest BCUT2D eigenvalue weighted by atomic mass is 9.94. The minimum atomic E-state index is -0.637. The number of halogens is 1. The Labute approximate surface area is 116 Å². The van der Waals surface area contributed by atoms with E-state index in [-0.39, 0.29) is 6.10 Å². The molecular formula is C14H19BrO3. The van der Waals surface area contributed by atoms with Crippen molar-refractivity contribution < 1.29 is 14.6 Å². The first-order chi connectivity index (χ1) is 8.63. The van der Waals surface area contributed by atoms with Gasteiger partial charge in [-0.3, -0.25) is 0 Å². The van der Waals surface area contributed by atoms with Crippen LogP contribution in [0.4, 0.5) is 0 Å². The van der Waals surface area contributed by atoms with E-state index >= 15 is 0 Å². The first-order valence-electron chi connectivity index (χ1n) is 6.35. The normalized spacial score (nSPS) is 25.1. The molecule has 3 nitrogen and oxygen atoms in total. The van der Waals surface area contributed by atoms with Crippen LogP contribution in [0.1, 0.15) is 31.9 Å². The molecule has 3 atom stereocenters. The molecule has 2 rings (SSSR count). The molecule has 3 unspecified atom stereocenters. The molecule has 4 heteroatoms. The Hall–Kier alpha value is -0.580. The van der Waals surface area contributed by atoms with Crippen LogP contribution in [-0.2, 0) is 4.74 Å². The molecule has 0 radical (unpaired) electrons. The maximum atomic E-state index is 10.5. The van der Waals surface area contributed by atoms with Crippen LogP contribution in [0.5, 0.6) is 5.75 Å². The van der Waals surface area contributed by atoms with Gasteiger partial charge in [0.25, 0.3) is 0 Å². The molecule has 1 aromatic rings. The highest BCUT2D eigenvalue weighted by Gasteiger charge is 2.33. The smallest absolute Gasteiger partial charge is 0.125 e. The summed E-state index contributed by atoms with van der Waals surface area (Å²) in [4.78, 5) is 0. The summed E-state index contributed by atoms with van der Waals surface area (Å²) < 4.78 is 12.1. The van der Waals surface area contributed by atoms with Crippen LogP contribution >= 0.6 is 15.9 Å². The maximum absolute atomic E-state index is 10.5. The molecule has 0 bridgehead atoms. The van der Waals surface area contributed by atoms with Gasteiger partial charge in [0.1, 0.15) is 11.9 Å². The Morgan fingerprint density at radius 3 is 2.94 bits per heavy atom. The van der Waals surface area contributed by atoms with E-state index in [0.717, 1.165) is 28.8 Å². The van der Waals surface area contributed by atoms with Gasteiger partial charge >= 0.3 is 0 Å². The number of rotatable bonds is 4. The molecule has 1 aliphatic heterocycles. The fraction of sp³-hybridized carbons (Fsp3) is 0.571. The Bertz CT molecular complexity index is 408. The van der Waals surface area contributed by atoms with Gasteiger partial charge in [-0.1, -0.05) is 22.9 Å². The van der Waals surface area contributed by atoms with E-state index in [1.807, 2.05) is 25.1 Å². The van der Waals surface area contributed by atoms with Crippen LogP contribution in [0.2, 0.25) is 0 Å². The summed E-state index contributed by atoms with van der Waals surface area (Å²) in [5.41, 5.74) is 0.796. The van der Waals surface area contributed by atoms with Gasteiger partial charge in [0.15, 0.2) is 0 Å². The standard InChI is InChI=1S/C14H19BrO3/c1-3-17-12-5-4-10(15)8-11(12)13(16)14-9(2)6-7-18-14/h4-5,8-9,13-14,16H,3,6-7H2,1-2H3. The fourth-order valence-corrected chi connectivity index (χ4v) is 2.71. The lowest BCUT2D eigenvalue weighted by molar-refractivity contribution is -0.0189. The number of ether oxygens (including phenoxy) is 2. The molecule has 1 saturated heterocycles. The third-order valence-electron chi connectivity index (χ3n) is 3.35. The summed E-state index contributed by atoms with van der Waals surface area (Å²) in [5.74, 6) is 1.10.